The molecule has 33 heavy (non-hydrogen) atoms. The Labute approximate surface area is 198 Å². The van der Waals surface area contributed by atoms with Gasteiger partial charge in [-0.1, -0.05) is 0 Å². The van der Waals surface area contributed by atoms with Gasteiger partial charge >= 0.3 is 0 Å². The van der Waals surface area contributed by atoms with Crippen molar-refractivity contribution in [1.82, 2.24) is 24.3 Å². The van der Waals surface area contributed by atoms with Crippen LogP contribution in [0.3, 0.4) is 0 Å². The maximum atomic E-state index is 14.0. The van der Waals surface area contributed by atoms with Crippen LogP contribution < -0.4 is 10.6 Å². The Hall–Kier alpha value is -2.63. The summed E-state index contributed by atoms with van der Waals surface area (Å²) in [6.07, 6.45) is 3.63. The predicted octanol–water partition coefficient (Wildman–Crippen LogP) is 2.29. The predicted molar refractivity (Wildman–Crippen MR) is 124 cm³/mol. The Morgan fingerprint density at radius 2 is 2.03 bits per heavy atom. The van der Waals surface area contributed by atoms with Crippen LogP contribution in [0, 0.1) is 11.7 Å². The minimum absolute atomic E-state index is 0.277. The molecule has 3 heterocycles. The fourth-order valence-corrected chi connectivity index (χ4v) is 4.84. The molecule has 2 fully saturated rings. The minimum atomic E-state index is -0.486. The second-order valence-corrected chi connectivity index (χ2v) is 9.44. The first-order valence-electron chi connectivity index (χ1n) is 11.0. The monoisotopic (exact) mass is 520 g/mol. The zero-order chi connectivity index (χ0) is 23.1. The number of benzene rings is 1. The topological polar surface area (TPSA) is 102 Å². The van der Waals surface area contributed by atoms with Crippen LogP contribution in [-0.4, -0.2) is 68.1 Å². The number of fused-ring (bicyclic) bond motifs is 1. The zero-order valence-electron chi connectivity index (χ0n) is 18.1. The van der Waals surface area contributed by atoms with Gasteiger partial charge in [0, 0.05) is 44.8 Å². The molecule has 2 aromatic heterocycles. The number of rotatable bonds is 7. The van der Waals surface area contributed by atoms with Crippen LogP contribution >= 0.6 is 15.9 Å². The number of carbonyl (C=O) groups excluding carboxylic acids is 1. The summed E-state index contributed by atoms with van der Waals surface area (Å²) in [6.45, 7) is 3.11. The van der Waals surface area contributed by atoms with Gasteiger partial charge in [0.25, 0.3) is 0 Å². The van der Waals surface area contributed by atoms with E-state index in [2.05, 4.69) is 30.5 Å². The highest BCUT2D eigenvalue weighted by molar-refractivity contribution is 9.10. The zero-order valence-corrected chi connectivity index (χ0v) is 19.7. The molecule has 0 unspecified atom stereocenters. The maximum absolute atomic E-state index is 14.0. The van der Waals surface area contributed by atoms with Crippen LogP contribution in [0.1, 0.15) is 18.4 Å². The average molecular weight is 521 g/mol. The number of halogens is 2. The van der Waals surface area contributed by atoms with E-state index in [1.54, 1.807) is 9.69 Å². The van der Waals surface area contributed by atoms with Crippen molar-refractivity contribution in [3.8, 4) is 11.6 Å². The largest absolute Gasteiger partial charge is 0.437 e. The molecule has 0 radical (unpaired) electrons. The van der Waals surface area contributed by atoms with E-state index in [0.29, 0.717) is 55.8 Å². The van der Waals surface area contributed by atoms with Crippen LogP contribution in [0.4, 0.5) is 4.39 Å². The number of hydrogen-bond acceptors (Lipinski definition) is 6. The van der Waals surface area contributed by atoms with Crippen LogP contribution in [-0.2, 0) is 17.9 Å². The van der Waals surface area contributed by atoms with E-state index in [-0.39, 0.29) is 5.91 Å². The number of aliphatic hydroxyl groups is 1. The number of hydrogen-bond donors (Lipinski definition) is 2. The number of carbonyl (C=O) groups is 1. The lowest BCUT2D eigenvalue weighted by Crippen LogP contribution is -2.49. The maximum Gasteiger partial charge on any atom is 0.248 e. The van der Waals surface area contributed by atoms with E-state index in [9.17, 15) is 9.18 Å². The second-order valence-electron chi connectivity index (χ2n) is 8.65. The van der Waals surface area contributed by atoms with Crippen LogP contribution in [0.5, 0.6) is 11.6 Å². The van der Waals surface area contributed by atoms with Crippen LogP contribution in [0.15, 0.2) is 28.9 Å². The highest BCUT2D eigenvalue weighted by Gasteiger charge is 2.27. The summed E-state index contributed by atoms with van der Waals surface area (Å²) in [5.74, 6) is 7.11. The number of nitrogens with zero attached hydrogens (tertiary/aromatic N) is 5. The van der Waals surface area contributed by atoms with E-state index in [1.165, 1.54) is 18.9 Å². The van der Waals surface area contributed by atoms with E-state index in [4.69, 9.17) is 15.7 Å². The third kappa shape index (κ3) is 4.44. The van der Waals surface area contributed by atoms with E-state index in [0.717, 1.165) is 28.2 Å². The number of ether oxygens (including phenoxy) is 1. The third-order valence-electron chi connectivity index (χ3n) is 6.31. The van der Waals surface area contributed by atoms with Crippen molar-refractivity contribution in [2.45, 2.75) is 25.9 Å². The van der Waals surface area contributed by atoms with Crippen molar-refractivity contribution in [2.24, 2.45) is 5.92 Å². The van der Waals surface area contributed by atoms with Crippen molar-refractivity contribution >= 4 is 32.9 Å². The molecule has 1 saturated carbocycles. The van der Waals surface area contributed by atoms with Crippen molar-refractivity contribution < 1.29 is 19.0 Å². The van der Waals surface area contributed by atoms with Gasteiger partial charge in [-0.3, -0.25) is 14.4 Å². The Morgan fingerprint density at radius 3 is 2.73 bits per heavy atom. The number of amides is 1. The smallest absolute Gasteiger partial charge is 0.248 e. The number of pyridine rings is 1. The molecule has 176 valence electrons. The molecule has 1 saturated heterocycles. The fourth-order valence-electron chi connectivity index (χ4n) is 4.24. The number of piperazine rings is 1. The standard InChI is InChI=1S/C22H26BrFN6O3/c23-20-18(4-3-17-21(20)30(25)29(17)11-14-1-2-14)33-22-15(9-16(24)10-26-22)12-27-5-7-28(8-6-27)19(32)13-31/h3-4,9-10,14,31H,1-2,5-8,11-13,25H2. The molecule has 2 aliphatic rings. The molecular formula is C22H26BrFN6O3. The molecule has 0 atom stereocenters. The number of aromatic nitrogens is 3. The van der Waals surface area contributed by atoms with E-state index >= 15 is 0 Å². The molecule has 1 aromatic carbocycles. The second kappa shape index (κ2) is 8.96. The highest BCUT2D eigenvalue weighted by atomic mass is 79.9. The van der Waals surface area contributed by atoms with Crippen molar-refractivity contribution in [1.29, 1.82) is 0 Å². The molecule has 1 amide bonds. The van der Waals surface area contributed by atoms with E-state index < -0.39 is 12.4 Å². The lowest BCUT2D eigenvalue weighted by atomic mass is 10.2. The summed E-state index contributed by atoms with van der Waals surface area (Å²) >= 11 is 3.61. The summed E-state index contributed by atoms with van der Waals surface area (Å²) in [6, 6.07) is 5.26. The first kappa shape index (κ1) is 22.2. The SMILES string of the molecule is Nn1c2c(Br)c(Oc3ncc(F)cc3CN3CCN(C(=O)CO)CC3)ccc2n1CC1CC1. The normalized spacial score (nSPS) is 17.1. The number of nitrogen functional groups attached to an aromatic ring is 1. The Balaban J connectivity index is 1.33. The first-order valence-corrected chi connectivity index (χ1v) is 11.8. The van der Waals surface area contributed by atoms with Crippen molar-refractivity contribution in [3.63, 3.8) is 0 Å². The molecule has 1 aliphatic heterocycles. The van der Waals surface area contributed by atoms with Gasteiger partial charge in [-0.15, -0.1) is 0 Å². The summed E-state index contributed by atoms with van der Waals surface area (Å²) in [7, 11) is 0. The molecule has 0 bridgehead atoms. The first-order chi connectivity index (χ1) is 15.9. The van der Waals surface area contributed by atoms with Crippen molar-refractivity contribution in [2.75, 3.05) is 38.6 Å². The molecule has 11 heteroatoms. The number of nitrogens with two attached hydrogens (primary N) is 1. The molecule has 3 N–H and O–H groups in total. The van der Waals surface area contributed by atoms with Gasteiger partial charge in [0.1, 0.15) is 23.7 Å². The molecule has 3 aromatic rings. The van der Waals surface area contributed by atoms with Gasteiger partial charge < -0.3 is 20.6 Å². The lowest BCUT2D eigenvalue weighted by molar-refractivity contribution is -0.136. The minimum Gasteiger partial charge on any atom is -0.437 e. The Morgan fingerprint density at radius 1 is 1.27 bits per heavy atom. The Bertz CT molecular complexity index is 1180. The number of aliphatic hydroxyl groups excluding tert-OH is 1. The molecule has 1 aliphatic carbocycles. The summed E-state index contributed by atoms with van der Waals surface area (Å²) in [5, 5.41) is 9.04. The summed E-state index contributed by atoms with van der Waals surface area (Å²) in [4.78, 5) is 21.2. The lowest BCUT2D eigenvalue weighted by Gasteiger charge is -2.34. The van der Waals surface area contributed by atoms with Gasteiger partial charge in [0.05, 0.1) is 16.2 Å². The van der Waals surface area contributed by atoms with Gasteiger partial charge in [-0.25, -0.2) is 9.37 Å². The van der Waals surface area contributed by atoms with Gasteiger partial charge in [0.2, 0.25) is 11.8 Å². The molecule has 9 nitrogen and oxygen atoms in total. The van der Waals surface area contributed by atoms with Crippen LogP contribution in [0.25, 0.3) is 11.0 Å². The highest BCUT2D eigenvalue weighted by Crippen LogP contribution is 2.39. The third-order valence-corrected chi connectivity index (χ3v) is 7.07. The summed E-state index contributed by atoms with van der Waals surface area (Å²) < 4.78 is 22.9. The quantitative estimate of drug-likeness (QED) is 0.463. The summed E-state index contributed by atoms with van der Waals surface area (Å²) in [5.41, 5.74) is 2.51. The fraction of sp³-hybridized carbons (Fsp3) is 0.455. The Kier molecular flexibility index (Phi) is 6.02. The van der Waals surface area contributed by atoms with Gasteiger partial charge in [0.15, 0.2) is 0 Å². The molecule has 0 spiro atoms. The average Bonchev–Trinajstić information content (AvgIpc) is 3.64. The van der Waals surface area contributed by atoms with Gasteiger partial charge in [-0.2, -0.15) is 4.79 Å². The van der Waals surface area contributed by atoms with Crippen LogP contribution in [0.2, 0.25) is 0 Å². The van der Waals surface area contributed by atoms with E-state index in [1.807, 2.05) is 12.1 Å². The van der Waals surface area contributed by atoms with Crippen molar-refractivity contribution in [3.05, 3.63) is 40.2 Å². The van der Waals surface area contributed by atoms with Gasteiger partial charge in [-0.05, 0) is 52.9 Å². The molecular weight excluding hydrogens is 495 g/mol. The molecule has 5 rings (SSSR count).